The van der Waals surface area contributed by atoms with Crippen LogP contribution in [0.3, 0.4) is 0 Å². The summed E-state index contributed by atoms with van der Waals surface area (Å²) in [5.74, 6) is -0.507. The third kappa shape index (κ3) is 5.95. The molecule has 180 valence electrons. The summed E-state index contributed by atoms with van der Waals surface area (Å²) in [6.07, 6.45) is -1.18. The maximum absolute atomic E-state index is 13.5. The van der Waals surface area contributed by atoms with Crippen LogP contribution >= 0.6 is 11.8 Å². The van der Waals surface area contributed by atoms with Gasteiger partial charge in [0.2, 0.25) is 5.91 Å². The molecule has 1 saturated heterocycles. The van der Waals surface area contributed by atoms with Gasteiger partial charge in [-0.05, 0) is 62.3 Å². The Hall–Kier alpha value is -2.92. The Labute approximate surface area is 198 Å². The number of para-hydroxylation sites is 1. The molecule has 3 aromatic rings. The first kappa shape index (κ1) is 24.2. The highest BCUT2D eigenvalue weighted by Gasteiger charge is 2.33. The number of benzene rings is 2. The average Bonchev–Trinajstić information content (AvgIpc) is 3.21. The minimum Gasteiger partial charge on any atom is -0.325 e. The number of alkyl halides is 3. The number of amides is 1. The zero-order chi connectivity index (χ0) is 24.1. The molecule has 1 N–H and O–H groups in total. The molecule has 2 heterocycles. The number of aromatic nitrogens is 3. The van der Waals surface area contributed by atoms with E-state index < -0.39 is 17.6 Å². The third-order valence-corrected chi connectivity index (χ3v) is 6.37. The van der Waals surface area contributed by atoms with Crippen molar-refractivity contribution < 1.29 is 22.4 Å². The molecule has 1 amide bonds. The number of nitrogens with zero attached hydrogens (tertiary/aromatic N) is 4. The SMILES string of the molecule is O=C(CSc1nnc(CN2CCCCC2)n1-c1ccc(F)cc1)Nc1ccccc1C(F)(F)F. The van der Waals surface area contributed by atoms with Crippen molar-refractivity contribution >= 4 is 23.4 Å². The van der Waals surface area contributed by atoms with Crippen molar-refractivity contribution in [3.8, 4) is 5.69 Å². The summed E-state index contributed by atoms with van der Waals surface area (Å²) in [5, 5.41) is 11.2. The summed E-state index contributed by atoms with van der Waals surface area (Å²) in [6, 6.07) is 10.7. The minimum atomic E-state index is -4.58. The third-order valence-electron chi connectivity index (χ3n) is 5.44. The van der Waals surface area contributed by atoms with Crippen LogP contribution in [0.1, 0.15) is 30.7 Å². The lowest BCUT2D eigenvalue weighted by Crippen LogP contribution is -2.30. The van der Waals surface area contributed by atoms with Crippen LogP contribution in [0, 0.1) is 5.82 Å². The summed E-state index contributed by atoms with van der Waals surface area (Å²) in [5.41, 5.74) is -0.568. The van der Waals surface area contributed by atoms with E-state index in [1.165, 1.54) is 36.8 Å². The topological polar surface area (TPSA) is 63.1 Å². The smallest absolute Gasteiger partial charge is 0.325 e. The van der Waals surface area contributed by atoms with E-state index in [2.05, 4.69) is 20.4 Å². The summed E-state index contributed by atoms with van der Waals surface area (Å²) in [7, 11) is 0. The summed E-state index contributed by atoms with van der Waals surface area (Å²) < 4.78 is 54.9. The molecular formula is C23H23F4N5OS. The van der Waals surface area contributed by atoms with E-state index in [1.807, 2.05) is 0 Å². The van der Waals surface area contributed by atoms with Gasteiger partial charge >= 0.3 is 6.18 Å². The predicted molar refractivity (Wildman–Crippen MR) is 121 cm³/mol. The van der Waals surface area contributed by atoms with E-state index in [9.17, 15) is 22.4 Å². The molecule has 0 bridgehead atoms. The second-order valence-corrected chi connectivity index (χ2v) is 8.87. The van der Waals surface area contributed by atoms with Crippen molar-refractivity contribution in [2.75, 3.05) is 24.2 Å². The summed E-state index contributed by atoms with van der Waals surface area (Å²) in [6.45, 7) is 2.44. The average molecular weight is 494 g/mol. The number of carbonyl (C=O) groups excluding carboxylic acids is 1. The van der Waals surface area contributed by atoms with Gasteiger partial charge in [0.1, 0.15) is 5.82 Å². The minimum absolute atomic E-state index is 0.171. The number of carbonyl (C=O) groups is 1. The number of halogens is 4. The molecular weight excluding hydrogens is 470 g/mol. The molecule has 0 spiro atoms. The predicted octanol–water partition coefficient (Wildman–Crippen LogP) is 5.14. The van der Waals surface area contributed by atoms with Crippen LogP contribution in [-0.2, 0) is 17.5 Å². The summed E-state index contributed by atoms with van der Waals surface area (Å²) >= 11 is 1.05. The molecule has 1 aliphatic rings. The molecule has 0 radical (unpaired) electrons. The number of nitrogens with one attached hydrogen (secondary N) is 1. The van der Waals surface area contributed by atoms with Crippen molar-refractivity contribution in [1.29, 1.82) is 0 Å². The molecule has 6 nitrogen and oxygen atoms in total. The van der Waals surface area contributed by atoms with Gasteiger partial charge in [-0.25, -0.2) is 4.39 Å². The van der Waals surface area contributed by atoms with E-state index in [0.29, 0.717) is 23.2 Å². The Kier molecular flexibility index (Phi) is 7.52. The van der Waals surface area contributed by atoms with Gasteiger partial charge in [0.05, 0.1) is 23.5 Å². The van der Waals surface area contributed by atoms with E-state index in [4.69, 9.17) is 0 Å². The van der Waals surface area contributed by atoms with Crippen LogP contribution in [0.25, 0.3) is 5.69 Å². The lowest BCUT2D eigenvalue weighted by atomic mass is 10.1. The first-order valence-corrected chi connectivity index (χ1v) is 11.8. The zero-order valence-electron chi connectivity index (χ0n) is 18.2. The van der Waals surface area contributed by atoms with Crippen molar-refractivity contribution in [3.63, 3.8) is 0 Å². The van der Waals surface area contributed by atoms with Gasteiger partial charge in [0, 0.05) is 5.69 Å². The maximum Gasteiger partial charge on any atom is 0.418 e. The molecule has 2 aromatic carbocycles. The zero-order valence-corrected chi connectivity index (χ0v) is 19.0. The second-order valence-electron chi connectivity index (χ2n) is 7.93. The Bertz CT molecular complexity index is 1130. The van der Waals surface area contributed by atoms with E-state index in [-0.39, 0.29) is 17.3 Å². The lowest BCUT2D eigenvalue weighted by molar-refractivity contribution is -0.137. The molecule has 4 rings (SSSR count). The lowest BCUT2D eigenvalue weighted by Gasteiger charge is -2.26. The fourth-order valence-corrected chi connectivity index (χ4v) is 4.59. The van der Waals surface area contributed by atoms with Crippen molar-refractivity contribution in [2.45, 2.75) is 37.1 Å². The van der Waals surface area contributed by atoms with Gasteiger partial charge in [-0.1, -0.05) is 30.3 Å². The first-order chi connectivity index (χ1) is 16.3. The highest BCUT2D eigenvalue weighted by atomic mass is 32.2. The van der Waals surface area contributed by atoms with E-state index in [1.54, 1.807) is 16.7 Å². The second kappa shape index (κ2) is 10.6. The molecule has 0 unspecified atom stereocenters. The Morgan fingerprint density at radius 2 is 1.71 bits per heavy atom. The van der Waals surface area contributed by atoms with Gasteiger partial charge < -0.3 is 5.32 Å². The number of thioether (sulfide) groups is 1. The van der Waals surface area contributed by atoms with Gasteiger partial charge in [-0.2, -0.15) is 13.2 Å². The molecule has 0 atom stereocenters. The van der Waals surface area contributed by atoms with Crippen LogP contribution in [0.4, 0.5) is 23.2 Å². The monoisotopic (exact) mass is 493 g/mol. The fraction of sp³-hybridized carbons (Fsp3) is 0.348. The van der Waals surface area contributed by atoms with Gasteiger partial charge in [0.15, 0.2) is 11.0 Å². The molecule has 1 fully saturated rings. The number of likely N-dealkylation sites (tertiary alicyclic amines) is 1. The summed E-state index contributed by atoms with van der Waals surface area (Å²) in [4.78, 5) is 14.7. The molecule has 34 heavy (non-hydrogen) atoms. The standard InChI is InChI=1S/C23H23F4N5OS/c24-16-8-10-17(11-9-16)32-20(14-31-12-4-1-5-13-31)29-30-22(32)34-15-21(33)28-19-7-3-2-6-18(19)23(25,26)27/h2-3,6-11H,1,4-5,12-15H2,(H,28,33). The van der Waals surface area contributed by atoms with Crippen LogP contribution in [0.15, 0.2) is 53.7 Å². The Morgan fingerprint density at radius 3 is 2.41 bits per heavy atom. The number of rotatable bonds is 7. The van der Waals surface area contributed by atoms with Crippen molar-refractivity contribution in [1.82, 2.24) is 19.7 Å². The molecule has 1 aliphatic heterocycles. The van der Waals surface area contributed by atoms with Gasteiger partial charge in [-0.15, -0.1) is 10.2 Å². The number of anilines is 1. The first-order valence-electron chi connectivity index (χ1n) is 10.8. The maximum atomic E-state index is 13.5. The molecule has 11 heteroatoms. The fourth-order valence-electron chi connectivity index (χ4n) is 3.82. The van der Waals surface area contributed by atoms with Crippen LogP contribution in [-0.4, -0.2) is 44.4 Å². The Balaban J connectivity index is 1.51. The van der Waals surface area contributed by atoms with Crippen LogP contribution in [0.2, 0.25) is 0 Å². The highest BCUT2D eigenvalue weighted by molar-refractivity contribution is 7.99. The van der Waals surface area contributed by atoms with Crippen molar-refractivity contribution in [3.05, 3.63) is 65.7 Å². The van der Waals surface area contributed by atoms with Crippen LogP contribution < -0.4 is 5.32 Å². The van der Waals surface area contributed by atoms with Crippen LogP contribution in [0.5, 0.6) is 0 Å². The Morgan fingerprint density at radius 1 is 1.00 bits per heavy atom. The number of hydrogen-bond acceptors (Lipinski definition) is 5. The largest absolute Gasteiger partial charge is 0.418 e. The van der Waals surface area contributed by atoms with E-state index in [0.717, 1.165) is 43.8 Å². The van der Waals surface area contributed by atoms with Gasteiger partial charge in [0.25, 0.3) is 0 Å². The highest BCUT2D eigenvalue weighted by Crippen LogP contribution is 2.34. The normalized spacial score (nSPS) is 14.8. The van der Waals surface area contributed by atoms with Gasteiger partial charge in [-0.3, -0.25) is 14.3 Å². The molecule has 0 aliphatic carbocycles. The number of piperidine rings is 1. The van der Waals surface area contributed by atoms with E-state index >= 15 is 0 Å². The van der Waals surface area contributed by atoms with Crippen molar-refractivity contribution in [2.24, 2.45) is 0 Å². The number of hydrogen-bond donors (Lipinski definition) is 1. The molecule has 0 saturated carbocycles. The molecule has 1 aromatic heterocycles. The quantitative estimate of drug-likeness (QED) is 0.365.